The Morgan fingerprint density at radius 2 is 1.78 bits per heavy atom. The number of fused-ring (bicyclic) bond motifs is 1. The summed E-state index contributed by atoms with van der Waals surface area (Å²) in [4.78, 5) is 21.0. The smallest absolute Gasteiger partial charge is 0.410 e. The molecule has 1 aromatic rings. The van der Waals surface area contributed by atoms with Gasteiger partial charge >= 0.3 is 6.09 Å². The lowest BCUT2D eigenvalue weighted by Gasteiger charge is -2.36. The van der Waals surface area contributed by atoms with Gasteiger partial charge in [0.05, 0.1) is 0 Å². The summed E-state index contributed by atoms with van der Waals surface area (Å²) in [5.41, 5.74) is 2.24. The van der Waals surface area contributed by atoms with Crippen LogP contribution in [0.2, 0.25) is 0 Å². The first kappa shape index (κ1) is 16.1. The molecule has 1 aromatic heterocycles. The van der Waals surface area contributed by atoms with E-state index in [0.717, 1.165) is 31.7 Å². The maximum Gasteiger partial charge on any atom is 0.410 e. The van der Waals surface area contributed by atoms with Gasteiger partial charge in [0.15, 0.2) is 0 Å². The van der Waals surface area contributed by atoms with E-state index in [1.165, 1.54) is 24.1 Å². The molecule has 0 aromatic carbocycles. The van der Waals surface area contributed by atoms with E-state index in [4.69, 9.17) is 9.72 Å². The van der Waals surface area contributed by atoms with Crippen LogP contribution in [0.1, 0.15) is 44.9 Å². The zero-order valence-electron chi connectivity index (χ0n) is 14.5. The summed E-state index contributed by atoms with van der Waals surface area (Å²) in [5.74, 6) is 1.05. The summed E-state index contributed by atoms with van der Waals surface area (Å²) < 4.78 is 5.45. The van der Waals surface area contributed by atoms with E-state index in [-0.39, 0.29) is 6.09 Å². The van der Waals surface area contributed by atoms with Crippen molar-refractivity contribution in [2.24, 2.45) is 0 Å². The summed E-state index contributed by atoms with van der Waals surface area (Å²) >= 11 is 0. The standard InChI is InChI=1S/C18H27N3O2/c1-18(2,3)23-17(22)21-12-10-20(11-13-21)16-9-8-14-6-4-5-7-15(14)19-16/h8-9H,4-7,10-13H2,1-3H3. The van der Waals surface area contributed by atoms with Crippen LogP contribution >= 0.6 is 0 Å². The molecule has 0 atom stereocenters. The number of nitrogens with zero attached hydrogens (tertiary/aromatic N) is 3. The van der Waals surface area contributed by atoms with Crippen LogP contribution in [0.15, 0.2) is 12.1 Å². The zero-order valence-corrected chi connectivity index (χ0v) is 14.5. The van der Waals surface area contributed by atoms with Crippen molar-refractivity contribution in [3.63, 3.8) is 0 Å². The fraction of sp³-hybridized carbons (Fsp3) is 0.667. The van der Waals surface area contributed by atoms with Crippen molar-refractivity contribution >= 4 is 11.9 Å². The van der Waals surface area contributed by atoms with Crippen molar-refractivity contribution in [2.45, 2.75) is 52.1 Å². The molecular formula is C18H27N3O2. The number of carbonyl (C=O) groups excluding carboxylic acids is 1. The monoisotopic (exact) mass is 317 g/mol. The largest absolute Gasteiger partial charge is 0.444 e. The lowest BCUT2D eigenvalue weighted by molar-refractivity contribution is 0.0240. The second-order valence-electron chi connectivity index (χ2n) is 7.44. The molecule has 1 amide bonds. The number of amides is 1. The van der Waals surface area contributed by atoms with Crippen molar-refractivity contribution in [3.05, 3.63) is 23.4 Å². The average Bonchev–Trinajstić information content (AvgIpc) is 2.53. The molecule has 0 bridgehead atoms. The highest BCUT2D eigenvalue weighted by molar-refractivity contribution is 5.68. The highest BCUT2D eigenvalue weighted by Gasteiger charge is 2.26. The molecule has 126 valence electrons. The molecule has 3 rings (SSSR count). The first-order valence-corrected chi connectivity index (χ1v) is 8.64. The Morgan fingerprint density at radius 1 is 1.09 bits per heavy atom. The second kappa shape index (κ2) is 6.38. The number of pyridine rings is 1. The maximum absolute atomic E-state index is 12.1. The number of ether oxygens (including phenoxy) is 1. The number of aryl methyl sites for hydroxylation is 2. The third-order valence-electron chi connectivity index (χ3n) is 4.42. The third kappa shape index (κ3) is 3.95. The van der Waals surface area contributed by atoms with Gasteiger partial charge in [-0.25, -0.2) is 9.78 Å². The molecule has 1 aliphatic carbocycles. The summed E-state index contributed by atoms with van der Waals surface area (Å²) in [6, 6.07) is 4.37. The molecule has 0 unspecified atom stereocenters. The van der Waals surface area contributed by atoms with Gasteiger partial charge in [0.1, 0.15) is 11.4 Å². The minimum atomic E-state index is -0.436. The van der Waals surface area contributed by atoms with E-state index in [0.29, 0.717) is 13.1 Å². The topological polar surface area (TPSA) is 45.7 Å². The molecular weight excluding hydrogens is 290 g/mol. The fourth-order valence-corrected chi connectivity index (χ4v) is 3.19. The molecule has 5 nitrogen and oxygen atoms in total. The van der Waals surface area contributed by atoms with Crippen LogP contribution in [-0.4, -0.2) is 47.8 Å². The van der Waals surface area contributed by atoms with E-state index in [9.17, 15) is 4.79 Å². The second-order valence-corrected chi connectivity index (χ2v) is 7.44. The van der Waals surface area contributed by atoms with Gasteiger partial charge in [-0.1, -0.05) is 6.07 Å². The number of aromatic nitrogens is 1. The van der Waals surface area contributed by atoms with Gasteiger partial charge in [-0.3, -0.25) is 0 Å². The van der Waals surface area contributed by atoms with Crippen LogP contribution in [0, 0.1) is 0 Å². The number of hydrogen-bond acceptors (Lipinski definition) is 4. The Kier molecular flexibility index (Phi) is 4.46. The predicted octanol–water partition coefficient (Wildman–Crippen LogP) is 3.02. The van der Waals surface area contributed by atoms with Gasteiger partial charge in [-0.15, -0.1) is 0 Å². The van der Waals surface area contributed by atoms with Gasteiger partial charge in [-0.05, 0) is 58.1 Å². The molecule has 0 spiro atoms. The van der Waals surface area contributed by atoms with Crippen molar-refractivity contribution in [1.29, 1.82) is 0 Å². The quantitative estimate of drug-likeness (QED) is 0.799. The minimum Gasteiger partial charge on any atom is -0.444 e. The first-order chi connectivity index (χ1) is 10.9. The Bertz CT molecular complexity index is 572. The Morgan fingerprint density at radius 3 is 2.48 bits per heavy atom. The number of anilines is 1. The number of rotatable bonds is 1. The minimum absolute atomic E-state index is 0.212. The molecule has 1 saturated heterocycles. The van der Waals surface area contributed by atoms with E-state index in [2.05, 4.69) is 17.0 Å². The number of carbonyl (C=O) groups is 1. The molecule has 0 N–H and O–H groups in total. The molecule has 0 saturated carbocycles. The van der Waals surface area contributed by atoms with Crippen LogP contribution in [0.5, 0.6) is 0 Å². The molecule has 23 heavy (non-hydrogen) atoms. The molecule has 2 aliphatic rings. The zero-order chi connectivity index (χ0) is 16.4. The van der Waals surface area contributed by atoms with Crippen molar-refractivity contribution in [3.8, 4) is 0 Å². The van der Waals surface area contributed by atoms with Crippen LogP contribution in [0.25, 0.3) is 0 Å². The maximum atomic E-state index is 12.1. The normalized spacial score (nSPS) is 18.6. The fourth-order valence-electron chi connectivity index (χ4n) is 3.19. The van der Waals surface area contributed by atoms with E-state index in [1.54, 1.807) is 4.90 Å². The predicted molar refractivity (Wildman–Crippen MR) is 90.9 cm³/mol. The Labute approximate surface area is 138 Å². The third-order valence-corrected chi connectivity index (χ3v) is 4.42. The summed E-state index contributed by atoms with van der Waals surface area (Å²) in [5, 5.41) is 0. The lowest BCUT2D eigenvalue weighted by Crippen LogP contribution is -2.50. The SMILES string of the molecule is CC(C)(C)OC(=O)N1CCN(c2ccc3c(n2)CCCC3)CC1. The van der Waals surface area contributed by atoms with Crippen molar-refractivity contribution in [1.82, 2.24) is 9.88 Å². The van der Waals surface area contributed by atoms with E-state index < -0.39 is 5.60 Å². The van der Waals surface area contributed by atoms with Gasteiger partial charge in [0.25, 0.3) is 0 Å². The van der Waals surface area contributed by atoms with Crippen molar-refractivity contribution < 1.29 is 9.53 Å². The average molecular weight is 317 g/mol. The van der Waals surface area contributed by atoms with Gasteiger partial charge in [-0.2, -0.15) is 0 Å². The van der Waals surface area contributed by atoms with E-state index in [1.807, 2.05) is 20.8 Å². The number of piperazine rings is 1. The highest BCUT2D eigenvalue weighted by atomic mass is 16.6. The van der Waals surface area contributed by atoms with Crippen LogP contribution in [0.3, 0.4) is 0 Å². The molecule has 1 fully saturated rings. The lowest BCUT2D eigenvalue weighted by atomic mass is 9.96. The Balaban J connectivity index is 1.60. The van der Waals surface area contributed by atoms with Crippen LogP contribution in [0.4, 0.5) is 10.6 Å². The summed E-state index contributed by atoms with van der Waals surface area (Å²) in [6.07, 6.45) is 4.57. The first-order valence-electron chi connectivity index (χ1n) is 8.64. The highest BCUT2D eigenvalue weighted by Crippen LogP contribution is 2.23. The van der Waals surface area contributed by atoms with Gasteiger partial charge < -0.3 is 14.5 Å². The van der Waals surface area contributed by atoms with Crippen LogP contribution in [-0.2, 0) is 17.6 Å². The summed E-state index contributed by atoms with van der Waals surface area (Å²) in [6.45, 7) is 8.70. The number of hydrogen-bond donors (Lipinski definition) is 0. The molecule has 0 radical (unpaired) electrons. The van der Waals surface area contributed by atoms with E-state index >= 15 is 0 Å². The Hall–Kier alpha value is -1.78. The molecule has 2 heterocycles. The van der Waals surface area contributed by atoms with Gasteiger partial charge in [0.2, 0.25) is 0 Å². The van der Waals surface area contributed by atoms with Crippen molar-refractivity contribution in [2.75, 3.05) is 31.1 Å². The molecule has 5 heteroatoms. The van der Waals surface area contributed by atoms with Crippen LogP contribution < -0.4 is 4.90 Å². The summed E-state index contributed by atoms with van der Waals surface area (Å²) in [7, 11) is 0. The molecule has 1 aliphatic heterocycles. The van der Waals surface area contributed by atoms with Gasteiger partial charge in [0, 0.05) is 31.9 Å².